The van der Waals surface area contributed by atoms with Crippen molar-refractivity contribution in [3.63, 3.8) is 0 Å². The Morgan fingerprint density at radius 1 is 1.53 bits per heavy atom. The average Bonchev–Trinajstić information content (AvgIpc) is 2.41. The van der Waals surface area contributed by atoms with E-state index in [4.69, 9.17) is 11.0 Å². The van der Waals surface area contributed by atoms with Crippen molar-refractivity contribution < 1.29 is 0 Å². The quantitative estimate of drug-likeness (QED) is 0.805. The number of nitrogens with two attached hydrogens (primary N) is 1. The van der Waals surface area contributed by atoms with Gasteiger partial charge in [0.25, 0.3) is 0 Å². The first kappa shape index (κ1) is 11.6. The number of nitrogens with zero attached hydrogens (tertiary/aromatic N) is 3. The molecule has 0 aromatic carbocycles. The van der Waals surface area contributed by atoms with Crippen LogP contribution in [0.4, 0.5) is 5.82 Å². The van der Waals surface area contributed by atoms with Crippen LogP contribution in [0.1, 0.15) is 17.5 Å². The van der Waals surface area contributed by atoms with Gasteiger partial charge in [-0.05, 0) is 39.5 Å². The van der Waals surface area contributed by atoms with Crippen LogP contribution >= 0.6 is 0 Å². The maximum Gasteiger partial charge on any atom is 0.121 e. The standard InChI is InChI=1S/C11H18N4/c1-9-8-15(6-4-5-14(2)3)11(13)10(9)7-12/h8H,4-6,13H2,1-3H3. The van der Waals surface area contributed by atoms with Crippen molar-refractivity contribution in [1.29, 1.82) is 5.26 Å². The Bertz CT molecular complexity index is 371. The molecular formula is C11H18N4. The number of hydrogen-bond acceptors (Lipinski definition) is 3. The van der Waals surface area contributed by atoms with Crippen LogP contribution in [0.5, 0.6) is 0 Å². The number of nitriles is 1. The number of nitrogen functional groups attached to an aromatic ring is 1. The third kappa shape index (κ3) is 2.74. The third-order valence-corrected chi connectivity index (χ3v) is 2.43. The molecule has 0 unspecified atom stereocenters. The van der Waals surface area contributed by atoms with Gasteiger partial charge in [-0.25, -0.2) is 0 Å². The fraction of sp³-hybridized carbons (Fsp3) is 0.545. The normalized spacial score (nSPS) is 10.6. The Kier molecular flexibility index (Phi) is 3.75. The minimum Gasteiger partial charge on any atom is -0.384 e. The van der Waals surface area contributed by atoms with Gasteiger partial charge in [0.05, 0.1) is 5.56 Å². The number of aromatic nitrogens is 1. The highest BCUT2D eigenvalue weighted by atomic mass is 15.1. The smallest absolute Gasteiger partial charge is 0.121 e. The Hall–Kier alpha value is -1.47. The number of rotatable bonds is 4. The van der Waals surface area contributed by atoms with Crippen LogP contribution in [0.2, 0.25) is 0 Å². The molecule has 4 nitrogen and oxygen atoms in total. The zero-order chi connectivity index (χ0) is 11.4. The van der Waals surface area contributed by atoms with E-state index in [1.54, 1.807) is 0 Å². The van der Waals surface area contributed by atoms with E-state index in [9.17, 15) is 0 Å². The monoisotopic (exact) mass is 206 g/mol. The molecule has 1 heterocycles. The van der Waals surface area contributed by atoms with Gasteiger partial charge in [-0.1, -0.05) is 0 Å². The molecule has 0 atom stereocenters. The van der Waals surface area contributed by atoms with Crippen molar-refractivity contribution in [3.05, 3.63) is 17.3 Å². The molecule has 15 heavy (non-hydrogen) atoms. The Morgan fingerprint density at radius 2 is 2.20 bits per heavy atom. The van der Waals surface area contributed by atoms with Crippen LogP contribution in [0, 0.1) is 18.3 Å². The van der Waals surface area contributed by atoms with Crippen molar-refractivity contribution in [1.82, 2.24) is 9.47 Å². The zero-order valence-corrected chi connectivity index (χ0v) is 9.62. The molecule has 0 aliphatic rings. The van der Waals surface area contributed by atoms with E-state index in [2.05, 4.69) is 11.0 Å². The van der Waals surface area contributed by atoms with Gasteiger partial charge in [0, 0.05) is 12.7 Å². The van der Waals surface area contributed by atoms with Crippen molar-refractivity contribution in [2.45, 2.75) is 19.9 Å². The molecule has 1 aromatic heterocycles. The molecular weight excluding hydrogens is 188 g/mol. The lowest BCUT2D eigenvalue weighted by atomic mass is 10.2. The summed E-state index contributed by atoms with van der Waals surface area (Å²) in [4.78, 5) is 2.14. The molecule has 2 N–H and O–H groups in total. The van der Waals surface area contributed by atoms with E-state index in [0.717, 1.165) is 25.1 Å². The third-order valence-electron chi connectivity index (χ3n) is 2.43. The topological polar surface area (TPSA) is 58.0 Å². The summed E-state index contributed by atoms with van der Waals surface area (Å²) in [6.07, 6.45) is 2.99. The first-order chi connectivity index (χ1) is 7.06. The number of anilines is 1. The first-order valence-corrected chi connectivity index (χ1v) is 5.06. The Labute approximate surface area is 90.9 Å². The fourth-order valence-corrected chi connectivity index (χ4v) is 1.60. The summed E-state index contributed by atoms with van der Waals surface area (Å²) < 4.78 is 1.96. The lowest BCUT2D eigenvalue weighted by Crippen LogP contribution is -2.15. The molecule has 82 valence electrons. The summed E-state index contributed by atoms with van der Waals surface area (Å²) in [5.41, 5.74) is 7.43. The van der Waals surface area contributed by atoms with Gasteiger partial charge >= 0.3 is 0 Å². The minimum atomic E-state index is 0.591. The lowest BCUT2D eigenvalue weighted by molar-refractivity contribution is 0.387. The molecule has 4 heteroatoms. The first-order valence-electron chi connectivity index (χ1n) is 5.06. The van der Waals surface area contributed by atoms with E-state index in [0.29, 0.717) is 11.4 Å². The second-order valence-electron chi connectivity index (χ2n) is 4.03. The van der Waals surface area contributed by atoms with Gasteiger partial charge in [-0.3, -0.25) is 0 Å². The number of aryl methyl sites for hydroxylation is 2. The predicted octanol–water partition coefficient (Wildman–Crippen LogP) is 1.20. The Morgan fingerprint density at radius 3 is 2.67 bits per heavy atom. The van der Waals surface area contributed by atoms with Gasteiger partial charge < -0.3 is 15.2 Å². The molecule has 0 fully saturated rings. The van der Waals surface area contributed by atoms with E-state index in [1.807, 2.05) is 31.8 Å². The van der Waals surface area contributed by atoms with Crippen LogP contribution in [0.3, 0.4) is 0 Å². The largest absolute Gasteiger partial charge is 0.384 e. The summed E-state index contributed by atoms with van der Waals surface area (Å²) in [7, 11) is 4.09. The predicted molar refractivity (Wildman–Crippen MR) is 61.5 cm³/mol. The highest BCUT2D eigenvalue weighted by Gasteiger charge is 2.09. The SMILES string of the molecule is Cc1cn(CCCN(C)C)c(N)c1C#N. The van der Waals surface area contributed by atoms with Crippen LogP contribution in [-0.2, 0) is 6.54 Å². The molecule has 0 saturated heterocycles. The minimum absolute atomic E-state index is 0.591. The summed E-state index contributed by atoms with van der Waals surface area (Å²) in [5.74, 6) is 0.591. The Balaban J connectivity index is 2.67. The summed E-state index contributed by atoms with van der Waals surface area (Å²) >= 11 is 0. The maximum atomic E-state index is 8.87. The average molecular weight is 206 g/mol. The molecule has 1 aromatic rings. The van der Waals surface area contributed by atoms with Gasteiger partial charge in [0.15, 0.2) is 0 Å². The summed E-state index contributed by atoms with van der Waals surface area (Å²) in [6, 6.07) is 2.13. The number of hydrogen-bond donors (Lipinski definition) is 1. The van der Waals surface area contributed by atoms with Gasteiger partial charge in [-0.15, -0.1) is 0 Å². The zero-order valence-electron chi connectivity index (χ0n) is 9.62. The molecule has 0 saturated carbocycles. The van der Waals surface area contributed by atoms with E-state index >= 15 is 0 Å². The molecule has 0 radical (unpaired) electrons. The van der Waals surface area contributed by atoms with Crippen molar-refractivity contribution in [2.24, 2.45) is 0 Å². The van der Waals surface area contributed by atoms with E-state index in [1.165, 1.54) is 0 Å². The van der Waals surface area contributed by atoms with E-state index < -0.39 is 0 Å². The van der Waals surface area contributed by atoms with E-state index in [-0.39, 0.29) is 0 Å². The second-order valence-corrected chi connectivity index (χ2v) is 4.03. The molecule has 0 bridgehead atoms. The van der Waals surface area contributed by atoms with Crippen LogP contribution in [-0.4, -0.2) is 30.1 Å². The summed E-state index contributed by atoms with van der Waals surface area (Å²) in [5, 5.41) is 8.87. The molecule has 1 rings (SSSR count). The van der Waals surface area contributed by atoms with Crippen molar-refractivity contribution >= 4 is 5.82 Å². The van der Waals surface area contributed by atoms with Crippen molar-refractivity contribution in [2.75, 3.05) is 26.4 Å². The summed E-state index contributed by atoms with van der Waals surface area (Å²) in [6.45, 7) is 3.81. The highest BCUT2D eigenvalue weighted by Crippen LogP contribution is 2.18. The molecule has 0 aliphatic carbocycles. The molecule has 0 amide bonds. The highest BCUT2D eigenvalue weighted by molar-refractivity contribution is 5.54. The van der Waals surface area contributed by atoms with Gasteiger partial charge in [0.2, 0.25) is 0 Å². The van der Waals surface area contributed by atoms with Crippen molar-refractivity contribution in [3.8, 4) is 6.07 Å². The van der Waals surface area contributed by atoms with Gasteiger partial charge in [-0.2, -0.15) is 5.26 Å². The fourth-order valence-electron chi connectivity index (χ4n) is 1.60. The molecule has 0 spiro atoms. The van der Waals surface area contributed by atoms with Crippen LogP contribution < -0.4 is 5.73 Å². The van der Waals surface area contributed by atoms with Gasteiger partial charge in [0.1, 0.15) is 11.9 Å². The maximum absolute atomic E-state index is 8.87. The lowest BCUT2D eigenvalue weighted by Gasteiger charge is -2.10. The van der Waals surface area contributed by atoms with Crippen LogP contribution in [0.25, 0.3) is 0 Å². The molecule has 0 aliphatic heterocycles. The van der Waals surface area contributed by atoms with Crippen LogP contribution in [0.15, 0.2) is 6.20 Å². The second kappa shape index (κ2) is 4.85.